The van der Waals surface area contributed by atoms with Crippen LogP contribution in [-0.4, -0.2) is 23.7 Å². The number of rotatable bonds is 4. The van der Waals surface area contributed by atoms with Gasteiger partial charge in [-0.05, 0) is 66.0 Å². The number of epoxide rings is 1. The van der Waals surface area contributed by atoms with E-state index in [4.69, 9.17) is 27.9 Å². The SMILES string of the molecule is O=C(c1ccc(Cl)c(Cl)c1)C1OC1c1ccc(N2C(=O)C3C4C=CC(C5CC45)C3C2=O)cc1. The van der Waals surface area contributed by atoms with E-state index < -0.39 is 6.10 Å². The minimum absolute atomic E-state index is 0.0715. The molecule has 5 nitrogen and oxygen atoms in total. The van der Waals surface area contributed by atoms with Crippen LogP contribution in [0.15, 0.2) is 54.6 Å². The molecule has 0 N–H and O–H groups in total. The number of carbonyl (C=O) groups excluding carboxylic acids is 3. The number of benzene rings is 2. The van der Waals surface area contributed by atoms with Crippen molar-refractivity contribution < 1.29 is 19.1 Å². The number of hydrogen-bond donors (Lipinski definition) is 0. The highest BCUT2D eigenvalue weighted by Crippen LogP contribution is 2.65. The van der Waals surface area contributed by atoms with Crippen LogP contribution >= 0.6 is 23.2 Å². The number of allylic oxidation sites excluding steroid dienone is 2. The van der Waals surface area contributed by atoms with E-state index in [1.165, 1.54) is 4.90 Å². The fourth-order valence-electron chi connectivity index (χ4n) is 6.40. The third kappa shape index (κ3) is 2.79. The Morgan fingerprint density at radius 2 is 1.52 bits per heavy atom. The van der Waals surface area contributed by atoms with Crippen LogP contribution in [-0.2, 0) is 14.3 Å². The molecule has 33 heavy (non-hydrogen) atoms. The average Bonchev–Trinajstić information content (AvgIpc) is 3.74. The highest BCUT2D eigenvalue weighted by atomic mass is 35.5. The average molecular weight is 480 g/mol. The van der Waals surface area contributed by atoms with Crippen molar-refractivity contribution in [1.29, 1.82) is 0 Å². The van der Waals surface area contributed by atoms with E-state index in [1.54, 1.807) is 30.3 Å². The Hall–Kier alpha value is -2.47. The number of carbonyl (C=O) groups is 3. The van der Waals surface area contributed by atoms with Crippen LogP contribution < -0.4 is 4.90 Å². The molecule has 2 saturated heterocycles. The van der Waals surface area contributed by atoms with E-state index in [2.05, 4.69) is 12.2 Å². The molecule has 2 aromatic rings. The second-order valence-electron chi connectivity index (χ2n) is 9.73. The number of Topliss-reactive ketones (excluding diaryl/α,β-unsaturated/α-hetero) is 1. The summed E-state index contributed by atoms with van der Waals surface area (Å²) >= 11 is 12.0. The first-order chi connectivity index (χ1) is 15.9. The van der Waals surface area contributed by atoms with Crippen LogP contribution in [0.2, 0.25) is 10.0 Å². The lowest BCUT2D eigenvalue weighted by atomic mass is 9.63. The summed E-state index contributed by atoms with van der Waals surface area (Å²) in [4.78, 5) is 40.6. The van der Waals surface area contributed by atoms with Crippen molar-refractivity contribution in [2.75, 3.05) is 4.90 Å². The lowest BCUT2D eigenvalue weighted by molar-refractivity contribution is -0.124. The van der Waals surface area contributed by atoms with E-state index in [0.29, 0.717) is 33.1 Å². The molecule has 8 rings (SSSR count). The summed E-state index contributed by atoms with van der Waals surface area (Å²) in [5.41, 5.74) is 1.87. The highest BCUT2D eigenvalue weighted by molar-refractivity contribution is 6.42. The van der Waals surface area contributed by atoms with Crippen molar-refractivity contribution in [3.63, 3.8) is 0 Å². The van der Waals surface area contributed by atoms with Gasteiger partial charge < -0.3 is 4.74 Å². The molecule has 2 aromatic carbocycles. The number of hydrogen-bond acceptors (Lipinski definition) is 4. The van der Waals surface area contributed by atoms with Gasteiger partial charge in [-0.1, -0.05) is 47.5 Å². The Morgan fingerprint density at radius 3 is 2.12 bits per heavy atom. The summed E-state index contributed by atoms with van der Waals surface area (Å²) in [5, 5.41) is 0.717. The number of imide groups is 1. The number of anilines is 1. The van der Waals surface area contributed by atoms with E-state index in [-0.39, 0.29) is 47.4 Å². The lowest BCUT2D eigenvalue weighted by Crippen LogP contribution is -2.40. The molecular formula is C26H19Cl2NO4. The Bertz CT molecular complexity index is 1240. The summed E-state index contributed by atoms with van der Waals surface area (Å²) in [5.74, 6) is 0.854. The van der Waals surface area contributed by atoms with E-state index in [9.17, 15) is 14.4 Å². The molecule has 4 aliphatic carbocycles. The summed E-state index contributed by atoms with van der Waals surface area (Å²) in [6, 6.07) is 12.0. The van der Waals surface area contributed by atoms with Crippen LogP contribution in [0, 0.1) is 35.5 Å². The molecule has 4 fully saturated rings. The smallest absolute Gasteiger partial charge is 0.238 e. The quantitative estimate of drug-likeness (QED) is 0.271. The second kappa shape index (κ2) is 6.78. The second-order valence-corrected chi connectivity index (χ2v) is 10.5. The van der Waals surface area contributed by atoms with E-state index in [0.717, 1.165) is 12.0 Å². The standard InChI is InChI=1S/C26H19Cl2NO4/c27-18-8-3-12(9-19(18)28)22(30)24-23(33-24)11-1-4-13(5-2-11)29-25(31)20-14-6-7-15(17-10-16(14)17)21(20)26(29)32/h1-9,14-17,20-21,23-24H,10H2. The van der Waals surface area contributed by atoms with Crippen molar-refractivity contribution in [1.82, 2.24) is 0 Å². The molecule has 2 bridgehead atoms. The monoisotopic (exact) mass is 479 g/mol. The Kier molecular flexibility index (Phi) is 4.10. The Morgan fingerprint density at radius 1 is 0.879 bits per heavy atom. The highest BCUT2D eigenvalue weighted by Gasteiger charge is 2.67. The number of nitrogens with zero attached hydrogens (tertiary/aromatic N) is 1. The van der Waals surface area contributed by atoms with Crippen LogP contribution in [0.1, 0.15) is 28.4 Å². The van der Waals surface area contributed by atoms with Crippen molar-refractivity contribution in [2.24, 2.45) is 35.5 Å². The van der Waals surface area contributed by atoms with Crippen molar-refractivity contribution in [3.8, 4) is 0 Å². The van der Waals surface area contributed by atoms with Gasteiger partial charge >= 0.3 is 0 Å². The van der Waals surface area contributed by atoms with Crippen molar-refractivity contribution >= 4 is 46.5 Å². The molecule has 8 unspecified atom stereocenters. The van der Waals surface area contributed by atoms with Gasteiger partial charge in [0.05, 0.1) is 27.6 Å². The number of amides is 2. The molecule has 2 saturated carbocycles. The van der Waals surface area contributed by atoms with E-state index >= 15 is 0 Å². The van der Waals surface area contributed by atoms with Gasteiger partial charge in [-0.3, -0.25) is 19.3 Å². The minimum Gasteiger partial charge on any atom is -0.356 e. The van der Waals surface area contributed by atoms with Gasteiger partial charge in [0.1, 0.15) is 6.10 Å². The maximum Gasteiger partial charge on any atom is 0.238 e. The number of ketones is 1. The van der Waals surface area contributed by atoms with Gasteiger partial charge in [-0.25, -0.2) is 0 Å². The van der Waals surface area contributed by atoms with Gasteiger partial charge in [0.15, 0.2) is 11.9 Å². The molecule has 0 radical (unpaired) electrons. The molecule has 7 heteroatoms. The first-order valence-electron chi connectivity index (χ1n) is 11.2. The van der Waals surface area contributed by atoms with Crippen molar-refractivity contribution in [2.45, 2.75) is 18.6 Å². The molecule has 2 heterocycles. The number of halogens is 2. The predicted molar refractivity (Wildman–Crippen MR) is 122 cm³/mol. The van der Waals surface area contributed by atoms with Gasteiger partial charge in [-0.15, -0.1) is 0 Å². The molecular weight excluding hydrogens is 461 g/mol. The van der Waals surface area contributed by atoms with Crippen LogP contribution in [0.3, 0.4) is 0 Å². The third-order valence-electron chi connectivity index (χ3n) is 8.10. The third-order valence-corrected chi connectivity index (χ3v) is 8.84. The Labute approximate surface area is 200 Å². The van der Waals surface area contributed by atoms with Gasteiger partial charge in [0, 0.05) is 5.56 Å². The van der Waals surface area contributed by atoms with Crippen LogP contribution in [0.5, 0.6) is 0 Å². The van der Waals surface area contributed by atoms with Gasteiger partial charge in [0.2, 0.25) is 11.8 Å². The minimum atomic E-state index is -0.584. The molecule has 2 aliphatic heterocycles. The maximum absolute atomic E-state index is 13.3. The molecule has 0 aromatic heterocycles. The molecule has 0 spiro atoms. The molecule has 6 aliphatic rings. The fraction of sp³-hybridized carbons (Fsp3) is 0.346. The maximum atomic E-state index is 13.3. The molecule has 166 valence electrons. The first kappa shape index (κ1) is 20.0. The van der Waals surface area contributed by atoms with Crippen molar-refractivity contribution in [3.05, 3.63) is 75.8 Å². The molecule has 2 amide bonds. The first-order valence-corrected chi connectivity index (χ1v) is 12.0. The van der Waals surface area contributed by atoms with E-state index in [1.807, 2.05) is 12.1 Å². The normalized spacial score (nSPS) is 37.2. The lowest BCUT2D eigenvalue weighted by Gasteiger charge is -2.37. The fourth-order valence-corrected chi connectivity index (χ4v) is 6.70. The summed E-state index contributed by atoms with van der Waals surface area (Å²) in [7, 11) is 0. The summed E-state index contributed by atoms with van der Waals surface area (Å²) < 4.78 is 5.65. The zero-order valence-corrected chi connectivity index (χ0v) is 18.9. The predicted octanol–water partition coefficient (Wildman–Crippen LogP) is 4.87. The number of ether oxygens (including phenoxy) is 1. The van der Waals surface area contributed by atoms with Crippen LogP contribution in [0.25, 0.3) is 0 Å². The summed E-state index contributed by atoms with van der Waals surface area (Å²) in [6.07, 6.45) is 4.55. The Balaban J connectivity index is 1.09. The molecule has 8 atom stereocenters. The van der Waals surface area contributed by atoms with Crippen LogP contribution in [0.4, 0.5) is 5.69 Å². The zero-order chi connectivity index (χ0) is 22.6. The zero-order valence-electron chi connectivity index (χ0n) is 17.4. The van der Waals surface area contributed by atoms with Gasteiger partial charge in [-0.2, -0.15) is 0 Å². The van der Waals surface area contributed by atoms with Gasteiger partial charge in [0.25, 0.3) is 0 Å². The largest absolute Gasteiger partial charge is 0.356 e. The summed E-state index contributed by atoms with van der Waals surface area (Å²) in [6.45, 7) is 0. The topological polar surface area (TPSA) is 67.0 Å².